The first kappa shape index (κ1) is 23.5. The smallest absolute Gasteiger partial charge is 0.243 e. The number of anilines is 1. The van der Waals surface area contributed by atoms with E-state index in [1.165, 1.54) is 42.7 Å². The zero-order valence-corrected chi connectivity index (χ0v) is 20.3. The van der Waals surface area contributed by atoms with Gasteiger partial charge in [-0.15, -0.1) is 0 Å². The van der Waals surface area contributed by atoms with Crippen molar-refractivity contribution >= 4 is 32.5 Å². The number of carbonyl (C=O) groups excluding carboxylic acids is 1. The minimum atomic E-state index is -3.55. The number of nitrogens with one attached hydrogen (secondary N) is 1. The number of carbonyl (C=O) groups is 1. The van der Waals surface area contributed by atoms with Crippen molar-refractivity contribution in [3.8, 4) is 0 Å². The lowest BCUT2D eigenvalue weighted by Gasteiger charge is -2.31. The van der Waals surface area contributed by atoms with Gasteiger partial charge in [0.25, 0.3) is 0 Å². The van der Waals surface area contributed by atoms with E-state index in [1.54, 1.807) is 28.6 Å². The first-order valence-corrected chi connectivity index (χ1v) is 13.3. The Morgan fingerprint density at radius 3 is 2.39 bits per heavy atom. The van der Waals surface area contributed by atoms with E-state index in [1.807, 2.05) is 0 Å². The number of aryl methyl sites for hydroxylation is 1. The van der Waals surface area contributed by atoms with Crippen molar-refractivity contribution in [3.05, 3.63) is 60.3 Å². The van der Waals surface area contributed by atoms with Gasteiger partial charge in [0.1, 0.15) is 0 Å². The molecular weight excluding hydrogens is 434 g/mol. The Bertz CT molecular complexity index is 1210. The van der Waals surface area contributed by atoms with E-state index in [0.29, 0.717) is 24.7 Å². The van der Waals surface area contributed by atoms with E-state index < -0.39 is 10.0 Å². The van der Waals surface area contributed by atoms with Crippen LogP contribution >= 0.6 is 0 Å². The van der Waals surface area contributed by atoms with Crippen LogP contribution in [0.15, 0.2) is 59.6 Å². The fourth-order valence-corrected chi connectivity index (χ4v) is 6.26. The van der Waals surface area contributed by atoms with Gasteiger partial charge in [0.05, 0.1) is 4.90 Å². The van der Waals surface area contributed by atoms with Crippen molar-refractivity contribution in [2.45, 2.75) is 63.3 Å². The summed E-state index contributed by atoms with van der Waals surface area (Å²) in [6.07, 6.45) is 7.53. The summed E-state index contributed by atoms with van der Waals surface area (Å²) in [5.41, 5.74) is 3.22. The SMILES string of the molecule is CCCCCn1cc(C2CCN(S(=O)(=O)c3ccc(NC(C)=O)cc3)CC2)c2ccccc21. The van der Waals surface area contributed by atoms with Crippen LogP contribution < -0.4 is 5.32 Å². The number of piperidine rings is 1. The number of amides is 1. The molecule has 7 heteroatoms. The summed E-state index contributed by atoms with van der Waals surface area (Å²) >= 11 is 0. The van der Waals surface area contributed by atoms with Gasteiger partial charge in [-0.1, -0.05) is 38.0 Å². The Balaban J connectivity index is 1.47. The van der Waals surface area contributed by atoms with Crippen LogP contribution in [0.1, 0.15) is 57.4 Å². The highest BCUT2D eigenvalue weighted by Crippen LogP contribution is 2.36. The Hall–Kier alpha value is -2.64. The molecule has 1 aliphatic rings. The van der Waals surface area contributed by atoms with Gasteiger partial charge >= 0.3 is 0 Å². The number of hydrogen-bond donors (Lipinski definition) is 1. The summed E-state index contributed by atoms with van der Waals surface area (Å²) < 4.78 is 30.3. The molecule has 0 atom stereocenters. The van der Waals surface area contributed by atoms with E-state index in [4.69, 9.17) is 0 Å². The number of hydrogen-bond acceptors (Lipinski definition) is 3. The van der Waals surface area contributed by atoms with Crippen molar-refractivity contribution in [1.29, 1.82) is 0 Å². The summed E-state index contributed by atoms with van der Waals surface area (Å²) in [4.78, 5) is 11.5. The van der Waals surface area contributed by atoms with Gasteiger partial charge in [-0.3, -0.25) is 4.79 Å². The average molecular weight is 468 g/mol. The van der Waals surface area contributed by atoms with Gasteiger partial charge in [0.2, 0.25) is 15.9 Å². The molecule has 1 aliphatic heterocycles. The lowest BCUT2D eigenvalue weighted by molar-refractivity contribution is -0.114. The standard InChI is InChI=1S/C26H33N3O3S/c1-3-4-7-16-28-19-25(24-8-5-6-9-26(24)28)21-14-17-29(18-15-21)33(31,32)23-12-10-22(11-13-23)27-20(2)30/h5-6,8-13,19,21H,3-4,7,14-18H2,1-2H3,(H,27,30). The third-order valence-electron chi connectivity index (χ3n) is 6.53. The fraction of sp³-hybridized carbons (Fsp3) is 0.423. The number of aromatic nitrogens is 1. The molecule has 3 aromatic rings. The predicted molar refractivity (Wildman–Crippen MR) is 133 cm³/mol. The van der Waals surface area contributed by atoms with E-state index in [-0.39, 0.29) is 10.8 Å². The summed E-state index contributed by atoms with van der Waals surface area (Å²) in [6, 6.07) is 15.0. The number of nitrogens with zero attached hydrogens (tertiary/aromatic N) is 2. The third-order valence-corrected chi connectivity index (χ3v) is 8.44. The lowest BCUT2D eigenvalue weighted by atomic mass is 9.90. The molecule has 2 aromatic carbocycles. The van der Waals surface area contributed by atoms with E-state index >= 15 is 0 Å². The van der Waals surface area contributed by atoms with Crippen LogP contribution in [0.2, 0.25) is 0 Å². The molecule has 6 nitrogen and oxygen atoms in total. The Morgan fingerprint density at radius 1 is 1.03 bits per heavy atom. The van der Waals surface area contributed by atoms with E-state index in [9.17, 15) is 13.2 Å². The van der Waals surface area contributed by atoms with Gasteiger partial charge in [0, 0.05) is 49.3 Å². The van der Waals surface area contributed by atoms with Crippen LogP contribution in [0, 0.1) is 0 Å². The minimum Gasteiger partial charge on any atom is -0.347 e. The van der Waals surface area contributed by atoms with Crippen molar-refractivity contribution in [2.75, 3.05) is 18.4 Å². The molecule has 1 amide bonds. The van der Waals surface area contributed by atoms with Crippen molar-refractivity contribution in [3.63, 3.8) is 0 Å². The Kier molecular flexibility index (Phi) is 7.20. The third kappa shape index (κ3) is 5.14. The maximum atomic E-state index is 13.2. The maximum Gasteiger partial charge on any atom is 0.243 e. The summed E-state index contributed by atoms with van der Waals surface area (Å²) in [7, 11) is -3.55. The summed E-state index contributed by atoms with van der Waals surface area (Å²) in [5, 5.41) is 3.97. The summed E-state index contributed by atoms with van der Waals surface area (Å²) in [5.74, 6) is 0.176. The molecule has 0 saturated carbocycles. The van der Waals surface area contributed by atoms with Crippen molar-refractivity contribution in [2.24, 2.45) is 0 Å². The molecule has 176 valence electrons. The molecule has 0 radical (unpaired) electrons. The Morgan fingerprint density at radius 2 is 1.73 bits per heavy atom. The highest BCUT2D eigenvalue weighted by Gasteiger charge is 2.31. The molecule has 1 fully saturated rings. The largest absolute Gasteiger partial charge is 0.347 e. The fourth-order valence-electron chi connectivity index (χ4n) is 4.79. The highest BCUT2D eigenvalue weighted by molar-refractivity contribution is 7.89. The first-order valence-electron chi connectivity index (χ1n) is 11.9. The van der Waals surface area contributed by atoms with Crippen LogP contribution in [-0.4, -0.2) is 36.3 Å². The molecule has 0 spiro atoms. The molecule has 1 N–H and O–H groups in total. The van der Waals surface area contributed by atoms with Crippen LogP contribution in [-0.2, 0) is 21.4 Å². The number of rotatable bonds is 8. The van der Waals surface area contributed by atoms with Crippen LogP contribution in [0.4, 0.5) is 5.69 Å². The molecule has 4 rings (SSSR count). The number of sulfonamides is 1. The Labute approximate surface area is 196 Å². The molecular formula is C26H33N3O3S. The van der Waals surface area contributed by atoms with Gasteiger partial charge in [-0.2, -0.15) is 4.31 Å². The molecule has 2 heterocycles. The number of fused-ring (bicyclic) bond motifs is 1. The minimum absolute atomic E-state index is 0.181. The normalized spacial score (nSPS) is 15.7. The van der Waals surface area contributed by atoms with Gasteiger partial charge in [-0.25, -0.2) is 8.42 Å². The molecule has 1 aromatic heterocycles. The maximum absolute atomic E-state index is 13.2. The molecule has 0 aliphatic carbocycles. The predicted octanol–water partition coefficient (Wildman–Crippen LogP) is 5.36. The zero-order chi connectivity index (χ0) is 23.4. The van der Waals surface area contributed by atoms with Gasteiger partial charge in [-0.05, 0) is 61.1 Å². The van der Waals surface area contributed by atoms with E-state index in [2.05, 4.69) is 47.3 Å². The van der Waals surface area contributed by atoms with Gasteiger partial charge < -0.3 is 9.88 Å². The monoisotopic (exact) mass is 467 g/mol. The molecule has 33 heavy (non-hydrogen) atoms. The second-order valence-electron chi connectivity index (χ2n) is 8.89. The van der Waals surface area contributed by atoms with Crippen molar-refractivity contribution < 1.29 is 13.2 Å². The second kappa shape index (κ2) is 10.1. The van der Waals surface area contributed by atoms with E-state index in [0.717, 1.165) is 19.4 Å². The van der Waals surface area contributed by atoms with Crippen LogP contribution in [0.3, 0.4) is 0 Å². The summed E-state index contributed by atoms with van der Waals surface area (Å²) in [6.45, 7) is 5.69. The lowest BCUT2D eigenvalue weighted by Crippen LogP contribution is -2.37. The first-order chi connectivity index (χ1) is 15.9. The zero-order valence-electron chi connectivity index (χ0n) is 19.5. The average Bonchev–Trinajstić information content (AvgIpc) is 3.18. The molecule has 0 bridgehead atoms. The quantitative estimate of drug-likeness (QED) is 0.454. The topological polar surface area (TPSA) is 71.4 Å². The van der Waals surface area contributed by atoms with Crippen LogP contribution in [0.25, 0.3) is 10.9 Å². The number of benzene rings is 2. The van der Waals surface area contributed by atoms with Crippen LogP contribution in [0.5, 0.6) is 0 Å². The second-order valence-corrected chi connectivity index (χ2v) is 10.8. The number of unbranched alkanes of at least 4 members (excludes halogenated alkanes) is 2. The molecule has 1 saturated heterocycles. The van der Waals surface area contributed by atoms with Gasteiger partial charge in [0.15, 0.2) is 0 Å². The highest BCUT2D eigenvalue weighted by atomic mass is 32.2. The molecule has 0 unspecified atom stereocenters. The van der Waals surface area contributed by atoms with Crippen molar-refractivity contribution in [1.82, 2.24) is 8.87 Å². The number of para-hydroxylation sites is 1.